The van der Waals surface area contributed by atoms with Gasteiger partial charge in [-0.15, -0.1) is 0 Å². The molecule has 1 aliphatic heterocycles. The molecule has 0 bridgehead atoms. The Bertz CT molecular complexity index is 1000. The van der Waals surface area contributed by atoms with E-state index in [4.69, 9.17) is 4.74 Å². The van der Waals surface area contributed by atoms with E-state index in [1.807, 2.05) is 78.9 Å². The van der Waals surface area contributed by atoms with Gasteiger partial charge >= 0.3 is 0 Å². The van der Waals surface area contributed by atoms with Crippen molar-refractivity contribution in [2.75, 3.05) is 16.8 Å². The zero-order chi connectivity index (χ0) is 20.1. The van der Waals surface area contributed by atoms with Gasteiger partial charge in [-0.2, -0.15) is 0 Å². The van der Waals surface area contributed by atoms with E-state index >= 15 is 0 Å². The summed E-state index contributed by atoms with van der Waals surface area (Å²) >= 11 is 0. The molecule has 1 aliphatic rings. The molecule has 0 spiro atoms. The molecular formula is C24H22N2O3. The van der Waals surface area contributed by atoms with E-state index in [1.54, 1.807) is 4.90 Å². The van der Waals surface area contributed by atoms with Crippen molar-refractivity contribution in [1.82, 2.24) is 0 Å². The van der Waals surface area contributed by atoms with Gasteiger partial charge < -0.3 is 15.0 Å². The van der Waals surface area contributed by atoms with Crippen molar-refractivity contribution in [3.8, 4) is 11.5 Å². The molecule has 0 aliphatic carbocycles. The van der Waals surface area contributed by atoms with E-state index in [9.17, 15) is 9.59 Å². The van der Waals surface area contributed by atoms with Crippen LogP contribution in [0.25, 0.3) is 0 Å². The number of nitrogens with zero attached hydrogens (tertiary/aromatic N) is 1. The monoisotopic (exact) mass is 386 g/mol. The van der Waals surface area contributed by atoms with Crippen molar-refractivity contribution < 1.29 is 14.3 Å². The highest BCUT2D eigenvalue weighted by atomic mass is 16.5. The van der Waals surface area contributed by atoms with Gasteiger partial charge in [0.05, 0.1) is 12.1 Å². The highest BCUT2D eigenvalue weighted by molar-refractivity contribution is 5.96. The molecule has 1 N–H and O–H groups in total. The third-order valence-corrected chi connectivity index (χ3v) is 4.82. The largest absolute Gasteiger partial charge is 0.455 e. The van der Waals surface area contributed by atoms with Crippen LogP contribution in [0.3, 0.4) is 0 Å². The van der Waals surface area contributed by atoms with Crippen molar-refractivity contribution >= 4 is 23.2 Å². The van der Waals surface area contributed by atoms with Gasteiger partial charge in [-0.3, -0.25) is 9.59 Å². The molecule has 0 saturated carbocycles. The van der Waals surface area contributed by atoms with Crippen molar-refractivity contribution in [2.24, 2.45) is 0 Å². The third kappa shape index (κ3) is 4.63. The molecule has 1 saturated heterocycles. The Hall–Kier alpha value is -3.60. The summed E-state index contributed by atoms with van der Waals surface area (Å²) in [6.45, 7) is 0.761. The predicted molar refractivity (Wildman–Crippen MR) is 113 cm³/mol. The maximum atomic E-state index is 12.5. The SMILES string of the molecule is O=C(Cc1ccc(N2CCCC2=O)cc1)Nc1ccccc1Oc1ccccc1. The van der Waals surface area contributed by atoms with Crippen LogP contribution < -0.4 is 15.0 Å². The van der Waals surface area contributed by atoms with Crippen molar-refractivity contribution in [3.05, 3.63) is 84.4 Å². The first-order valence-electron chi connectivity index (χ1n) is 9.70. The highest BCUT2D eigenvalue weighted by Gasteiger charge is 2.21. The Morgan fingerprint density at radius 3 is 2.38 bits per heavy atom. The molecule has 0 unspecified atom stereocenters. The van der Waals surface area contributed by atoms with Gasteiger partial charge in [0.15, 0.2) is 5.75 Å². The highest BCUT2D eigenvalue weighted by Crippen LogP contribution is 2.29. The number of carbonyl (C=O) groups is 2. The van der Waals surface area contributed by atoms with Crippen LogP contribution in [0.15, 0.2) is 78.9 Å². The van der Waals surface area contributed by atoms with Crippen LogP contribution in [0, 0.1) is 0 Å². The zero-order valence-electron chi connectivity index (χ0n) is 16.0. The first kappa shape index (κ1) is 18.7. The number of rotatable bonds is 6. The molecule has 2 amide bonds. The lowest BCUT2D eigenvalue weighted by Gasteiger charge is -2.16. The van der Waals surface area contributed by atoms with E-state index < -0.39 is 0 Å². The summed E-state index contributed by atoms with van der Waals surface area (Å²) in [4.78, 5) is 26.2. The summed E-state index contributed by atoms with van der Waals surface area (Å²) in [5.41, 5.74) is 2.40. The number of carbonyl (C=O) groups excluding carboxylic acids is 2. The lowest BCUT2D eigenvalue weighted by atomic mass is 10.1. The number of nitrogens with one attached hydrogen (secondary N) is 1. The second-order valence-electron chi connectivity index (χ2n) is 6.95. The molecule has 0 aromatic heterocycles. The number of hydrogen-bond acceptors (Lipinski definition) is 3. The van der Waals surface area contributed by atoms with Crippen LogP contribution in [0.5, 0.6) is 11.5 Å². The zero-order valence-corrected chi connectivity index (χ0v) is 16.0. The maximum absolute atomic E-state index is 12.5. The van der Waals surface area contributed by atoms with Crippen LogP contribution in [-0.2, 0) is 16.0 Å². The molecule has 29 heavy (non-hydrogen) atoms. The van der Waals surface area contributed by atoms with E-state index in [2.05, 4.69) is 5.32 Å². The Morgan fingerprint density at radius 1 is 0.931 bits per heavy atom. The topological polar surface area (TPSA) is 58.6 Å². The Labute approximate surface area is 169 Å². The average molecular weight is 386 g/mol. The molecule has 1 fully saturated rings. The van der Waals surface area contributed by atoms with E-state index in [0.717, 1.165) is 24.2 Å². The quantitative estimate of drug-likeness (QED) is 0.663. The fraction of sp³-hybridized carbons (Fsp3) is 0.167. The van der Waals surface area contributed by atoms with E-state index in [-0.39, 0.29) is 18.2 Å². The lowest BCUT2D eigenvalue weighted by Crippen LogP contribution is -2.23. The second-order valence-corrected chi connectivity index (χ2v) is 6.95. The molecule has 3 aromatic rings. The molecule has 5 nitrogen and oxygen atoms in total. The number of hydrogen-bond donors (Lipinski definition) is 1. The second kappa shape index (κ2) is 8.61. The molecule has 1 heterocycles. The fourth-order valence-electron chi connectivity index (χ4n) is 3.37. The minimum atomic E-state index is -0.126. The van der Waals surface area contributed by atoms with Crippen molar-refractivity contribution in [2.45, 2.75) is 19.3 Å². The fourth-order valence-corrected chi connectivity index (χ4v) is 3.37. The lowest BCUT2D eigenvalue weighted by molar-refractivity contribution is -0.117. The van der Waals surface area contributed by atoms with E-state index in [1.165, 1.54) is 0 Å². The van der Waals surface area contributed by atoms with Gasteiger partial charge in [-0.25, -0.2) is 0 Å². The normalized spacial score (nSPS) is 13.4. The molecule has 0 atom stereocenters. The Kier molecular flexibility index (Phi) is 5.56. The van der Waals surface area contributed by atoms with Crippen LogP contribution >= 0.6 is 0 Å². The standard InChI is InChI=1S/C24H22N2O3/c27-23(17-18-12-14-19(15-13-18)26-16-6-11-24(26)28)25-21-9-4-5-10-22(21)29-20-7-2-1-3-8-20/h1-5,7-10,12-15H,6,11,16-17H2,(H,25,27). The molecule has 146 valence electrons. The molecular weight excluding hydrogens is 364 g/mol. The number of para-hydroxylation sites is 3. The Morgan fingerprint density at radius 2 is 1.66 bits per heavy atom. The molecule has 3 aromatic carbocycles. The first-order chi connectivity index (χ1) is 14.2. The number of anilines is 2. The van der Waals surface area contributed by atoms with Gasteiger partial charge in [-0.1, -0.05) is 42.5 Å². The smallest absolute Gasteiger partial charge is 0.228 e. The van der Waals surface area contributed by atoms with Gasteiger partial charge in [-0.05, 0) is 48.4 Å². The van der Waals surface area contributed by atoms with Crippen molar-refractivity contribution in [3.63, 3.8) is 0 Å². The van der Waals surface area contributed by atoms with Gasteiger partial charge in [0.2, 0.25) is 11.8 Å². The van der Waals surface area contributed by atoms with Gasteiger partial charge in [0.25, 0.3) is 0 Å². The van der Waals surface area contributed by atoms with Gasteiger partial charge in [0.1, 0.15) is 5.75 Å². The average Bonchev–Trinajstić information content (AvgIpc) is 3.17. The summed E-state index contributed by atoms with van der Waals surface area (Å²) in [5.74, 6) is 1.33. The number of benzene rings is 3. The summed E-state index contributed by atoms with van der Waals surface area (Å²) < 4.78 is 5.89. The summed E-state index contributed by atoms with van der Waals surface area (Å²) in [6.07, 6.45) is 1.75. The first-order valence-corrected chi connectivity index (χ1v) is 9.70. The van der Waals surface area contributed by atoms with Crippen molar-refractivity contribution in [1.29, 1.82) is 0 Å². The molecule has 0 radical (unpaired) electrons. The molecule has 5 heteroatoms. The van der Waals surface area contributed by atoms with Crippen LogP contribution in [-0.4, -0.2) is 18.4 Å². The number of ether oxygens (including phenoxy) is 1. The predicted octanol–water partition coefficient (Wildman–Crippen LogP) is 4.79. The minimum Gasteiger partial charge on any atom is -0.455 e. The summed E-state index contributed by atoms with van der Waals surface area (Å²) in [7, 11) is 0. The third-order valence-electron chi connectivity index (χ3n) is 4.82. The van der Waals surface area contributed by atoms with Crippen LogP contribution in [0.1, 0.15) is 18.4 Å². The summed E-state index contributed by atoms with van der Waals surface area (Å²) in [5, 5.41) is 2.93. The Balaban J connectivity index is 1.40. The van der Waals surface area contributed by atoms with Gasteiger partial charge in [0, 0.05) is 18.7 Å². The summed E-state index contributed by atoms with van der Waals surface area (Å²) in [6, 6.07) is 24.4. The van der Waals surface area contributed by atoms with Crippen LogP contribution in [0.2, 0.25) is 0 Å². The molecule has 4 rings (SSSR count). The number of amides is 2. The minimum absolute atomic E-state index is 0.126. The van der Waals surface area contributed by atoms with E-state index in [0.29, 0.717) is 23.6 Å². The van der Waals surface area contributed by atoms with Crippen LogP contribution in [0.4, 0.5) is 11.4 Å². The maximum Gasteiger partial charge on any atom is 0.228 e.